The van der Waals surface area contributed by atoms with E-state index in [9.17, 15) is 9.00 Å². The van der Waals surface area contributed by atoms with Crippen molar-refractivity contribution in [3.63, 3.8) is 0 Å². The van der Waals surface area contributed by atoms with Gasteiger partial charge in [-0.2, -0.15) is 0 Å². The van der Waals surface area contributed by atoms with Crippen LogP contribution in [0.25, 0.3) is 0 Å². The number of morpholine rings is 1. The van der Waals surface area contributed by atoms with Crippen LogP contribution < -0.4 is 5.73 Å². The lowest BCUT2D eigenvalue weighted by Gasteiger charge is -2.24. The normalized spacial score (nSPS) is 20.8. The molecule has 2 unspecified atom stereocenters. The third-order valence-electron chi connectivity index (χ3n) is 2.49. The molecule has 0 spiro atoms. The van der Waals surface area contributed by atoms with Crippen molar-refractivity contribution in [2.24, 2.45) is 5.73 Å². The first-order valence-corrected chi connectivity index (χ1v) is 7.84. The third kappa shape index (κ3) is 7.14. The Kier molecular flexibility index (Phi) is 6.81. The molecule has 0 aliphatic carbocycles. The quantitative estimate of drug-likeness (QED) is 0.750. The Morgan fingerprint density at radius 2 is 2.05 bits per heavy atom. The first-order chi connectivity index (χ1) is 9.28. The molecule has 20 heavy (non-hydrogen) atoms. The maximum Gasteiger partial charge on any atom is 0.308 e. The summed E-state index contributed by atoms with van der Waals surface area (Å²) in [4.78, 5) is 11.6. The average molecular weight is 304 g/mol. The minimum Gasteiger partial charge on any atom is -0.460 e. The number of rotatable bonds is 5. The summed E-state index contributed by atoms with van der Waals surface area (Å²) in [5.41, 5.74) is 5.29. The van der Waals surface area contributed by atoms with Crippen molar-refractivity contribution in [1.82, 2.24) is 4.31 Å². The Morgan fingerprint density at radius 1 is 1.45 bits per heavy atom. The highest BCUT2D eigenvalue weighted by Crippen LogP contribution is 2.09. The Bertz CT molecular complexity index is 373. The number of nitrogens with two attached hydrogens (primary N) is 1. The molecule has 2 atom stereocenters. The zero-order chi connectivity index (χ0) is 15.2. The van der Waals surface area contributed by atoms with Crippen LogP contribution in [-0.2, 0) is 25.3 Å². The van der Waals surface area contributed by atoms with E-state index in [1.54, 1.807) is 31.2 Å². The number of ether oxygens (including phenoxy) is 2. The van der Waals surface area contributed by atoms with Gasteiger partial charge in [0.05, 0.1) is 19.6 Å². The smallest absolute Gasteiger partial charge is 0.308 e. The van der Waals surface area contributed by atoms with E-state index in [1.807, 2.05) is 0 Å². The molecule has 0 bridgehead atoms. The van der Waals surface area contributed by atoms with Gasteiger partial charge in [0, 0.05) is 24.5 Å². The second-order valence-electron chi connectivity index (χ2n) is 5.60. The molecule has 1 aliphatic rings. The summed E-state index contributed by atoms with van der Waals surface area (Å²) in [6.45, 7) is 7.86. The second-order valence-corrected chi connectivity index (χ2v) is 6.94. The lowest BCUT2D eigenvalue weighted by atomic mass is 10.2. The SMILES string of the molecule is CC(C)(C)OC(=O)CC(N)/C=C/S(=O)N1CCOCC1. The zero-order valence-electron chi connectivity index (χ0n) is 12.3. The molecular weight excluding hydrogens is 280 g/mol. The highest BCUT2D eigenvalue weighted by molar-refractivity contribution is 7.85. The average Bonchev–Trinajstić information content (AvgIpc) is 2.34. The van der Waals surface area contributed by atoms with Crippen molar-refractivity contribution in [3.05, 3.63) is 11.5 Å². The number of esters is 1. The zero-order valence-corrected chi connectivity index (χ0v) is 13.1. The van der Waals surface area contributed by atoms with E-state index in [1.165, 1.54) is 5.41 Å². The molecule has 1 rings (SSSR count). The van der Waals surface area contributed by atoms with E-state index in [-0.39, 0.29) is 12.4 Å². The Morgan fingerprint density at radius 3 is 2.60 bits per heavy atom. The second kappa shape index (κ2) is 7.87. The molecule has 0 aromatic heterocycles. The summed E-state index contributed by atoms with van der Waals surface area (Å²) in [5, 5.41) is 1.53. The van der Waals surface area contributed by atoms with Crippen LogP contribution in [0, 0.1) is 0 Å². The van der Waals surface area contributed by atoms with Gasteiger partial charge in [-0.15, -0.1) is 0 Å². The van der Waals surface area contributed by atoms with E-state index in [0.717, 1.165) is 0 Å². The van der Waals surface area contributed by atoms with Crippen molar-refractivity contribution >= 4 is 17.0 Å². The van der Waals surface area contributed by atoms with Gasteiger partial charge in [-0.1, -0.05) is 6.08 Å². The molecule has 0 radical (unpaired) electrons. The Hall–Kier alpha value is -0.760. The predicted octanol–water partition coefficient (Wildman–Crippen LogP) is 0.555. The molecule has 7 heteroatoms. The van der Waals surface area contributed by atoms with Crippen molar-refractivity contribution in [2.45, 2.75) is 38.8 Å². The third-order valence-corrected chi connectivity index (χ3v) is 3.75. The maximum atomic E-state index is 11.9. The van der Waals surface area contributed by atoms with E-state index in [2.05, 4.69) is 0 Å². The van der Waals surface area contributed by atoms with Gasteiger partial charge < -0.3 is 15.2 Å². The molecule has 1 fully saturated rings. The summed E-state index contributed by atoms with van der Waals surface area (Å²) in [5.74, 6) is -0.355. The monoisotopic (exact) mass is 304 g/mol. The molecule has 1 heterocycles. The highest BCUT2D eigenvalue weighted by Gasteiger charge is 2.18. The maximum absolute atomic E-state index is 11.9. The molecule has 0 aromatic carbocycles. The molecule has 1 saturated heterocycles. The van der Waals surface area contributed by atoms with Gasteiger partial charge >= 0.3 is 5.97 Å². The van der Waals surface area contributed by atoms with E-state index in [4.69, 9.17) is 15.2 Å². The first kappa shape index (κ1) is 17.3. The Labute approximate surface area is 122 Å². The number of hydrogen-bond donors (Lipinski definition) is 1. The van der Waals surface area contributed by atoms with E-state index in [0.29, 0.717) is 26.3 Å². The minimum atomic E-state index is -1.22. The molecular formula is C13H24N2O4S. The lowest BCUT2D eigenvalue weighted by molar-refractivity contribution is -0.154. The van der Waals surface area contributed by atoms with Crippen LogP contribution in [0.2, 0.25) is 0 Å². The molecule has 1 aliphatic heterocycles. The van der Waals surface area contributed by atoms with Gasteiger partial charge in [0.25, 0.3) is 0 Å². The molecule has 2 N–H and O–H groups in total. The standard InChI is InChI=1S/C13H24N2O4S/c1-13(2,3)19-12(16)10-11(14)4-9-20(17)15-5-7-18-8-6-15/h4,9,11H,5-8,10,14H2,1-3H3/b9-4+. The van der Waals surface area contributed by atoms with Crippen molar-refractivity contribution < 1.29 is 18.5 Å². The van der Waals surface area contributed by atoms with Crippen molar-refractivity contribution in [3.8, 4) is 0 Å². The fourth-order valence-electron chi connectivity index (χ4n) is 1.62. The van der Waals surface area contributed by atoms with Crippen molar-refractivity contribution in [1.29, 1.82) is 0 Å². The van der Waals surface area contributed by atoms with Gasteiger partial charge in [-0.05, 0) is 20.8 Å². The summed E-state index contributed by atoms with van der Waals surface area (Å²) < 4.78 is 24.1. The van der Waals surface area contributed by atoms with Crippen LogP contribution in [0.4, 0.5) is 0 Å². The topological polar surface area (TPSA) is 81.9 Å². The molecule has 6 nitrogen and oxygen atoms in total. The minimum absolute atomic E-state index is 0.0775. The Balaban J connectivity index is 2.37. The van der Waals surface area contributed by atoms with Gasteiger partial charge in [0.15, 0.2) is 0 Å². The van der Waals surface area contributed by atoms with Crippen LogP contribution >= 0.6 is 0 Å². The van der Waals surface area contributed by atoms with E-state index >= 15 is 0 Å². The van der Waals surface area contributed by atoms with Crippen LogP contribution in [0.3, 0.4) is 0 Å². The van der Waals surface area contributed by atoms with Crippen LogP contribution in [0.1, 0.15) is 27.2 Å². The fraction of sp³-hybridized carbons (Fsp3) is 0.769. The number of carbonyl (C=O) groups is 1. The summed E-state index contributed by atoms with van der Waals surface area (Å²) >= 11 is 0. The number of hydrogen-bond acceptors (Lipinski definition) is 5. The lowest BCUT2D eigenvalue weighted by Crippen LogP contribution is -2.36. The molecule has 0 saturated carbocycles. The molecule has 0 aromatic rings. The molecule has 116 valence electrons. The van der Waals surface area contributed by atoms with E-state index < -0.39 is 22.6 Å². The van der Waals surface area contributed by atoms with Gasteiger partial charge in [0.1, 0.15) is 16.6 Å². The predicted molar refractivity (Wildman–Crippen MR) is 78.1 cm³/mol. The summed E-state index contributed by atoms with van der Waals surface area (Å²) in [6.07, 6.45) is 1.67. The van der Waals surface area contributed by atoms with Crippen molar-refractivity contribution in [2.75, 3.05) is 26.3 Å². The number of carbonyl (C=O) groups excluding carboxylic acids is 1. The summed E-state index contributed by atoms with van der Waals surface area (Å²) in [7, 11) is -1.22. The first-order valence-electron chi connectivity index (χ1n) is 6.67. The van der Waals surface area contributed by atoms with Crippen LogP contribution in [0.5, 0.6) is 0 Å². The summed E-state index contributed by atoms with van der Waals surface area (Å²) in [6, 6.07) is -0.491. The highest BCUT2D eigenvalue weighted by atomic mass is 32.2. The fourth-order valence-corrected chi connectivity index (χ4v) is 2.64. The molecule has 0 amide bonds. The number of nitrogens with zero attached hydrogens (tertiary/aromatic N) is 1. The van der Waals surface area contributed by atoms with Gasteiger partial charge in [-0.25, -0.2) is 8.51 Å². The van der Waals surface area contributed by atoms with Crippen LogP contribution in [-0.4, -0.2) is 52.4 Å². The van der Waals surface area contributed by atoms with Crippen LogP contribution in [0.15, 0.2) is 11.5 Å². The van der Waals surface area contributed by atoms with Gasteiger partial charge in [0.2, 0.25) is 0 Å². The largest absolute Gasteiger partial charge is 0.460 e. The van der Waals surface area contributed by atoms with Gasteiger partial charge in [-0.3, -0.25) is 4.79 Å².